The van der Waals surface area contributed by atoms with Crippen molar-refractivity contribution in [2.24, 2.45) is 0 Å². The molecule has 0 atom stereocenters. The summed E-state index contributed by atoms with van der Waals surface area (Å²) in [5, 5.41) is 3.87. The number of nitrogens with zero attached hydrogens (tertiary/aromatic N) is 5. The van der Waals surface area contributed by atoms with Gasteiger partial charge in [0.05, 0.1) is 12.7 Å². The number of rotatable bonds is 3. The maximum atomic E-state index is 5.52. The quantitative estimate of drug-likeness (QED) is 0.754. The van der Waals surface area contributed by atoms with E-state index in [1.807, 2.05) is 0 Å². The normalized spacial score (nSPS) is 10.4. The summed E-state index contributed by atoms with van der Waals surface area (Å²) < 4.78 is 10.2. The first kappa shape index (κ1) is 12.0. The van der Waals surface area contributed by atoms with Crippen molar-refractivity contribution < 1.29 is 9.26 Å². The van der Waals surface area contributed by atoms with Crippen LogP contribution in [0.5, 0.6) is 5.88 Å². The molecule has 8 nitrogen and oxygen atoms in total. The first-order valence-corrected chi connectivity index (χ1v) is 5.68. The van der Waals surface area contributed by atoms with Crippen LogP contribution in [-0.2, 0) is 0 Å². The van der Waals surface area contributed by atoms with Gasteiger partial charge in [-0.05, 0) is 12.1 Å². The van der Waals surface area contributed by atoms with Crippen LogP contribution in [0, 0.1) is 0 Å². The molecule has 0 aromatic carbocycles. The van der Waals surface area contributed by atoms with Crippen LogP contribution in [0.1, 0.15) is 0 Å². The molecule has 3 heterocycles. The van der Waals surface area contributed by atoms with Gasteiger partial charge in [0.15, 0.2) is 0 Å². The van der Waals surface area contributed by atoms with Gasteiger partial charge in [0.1, 0.15) is 17.8 Å². The molecule has 20 heavy (non-hydrogen) atoms. The van der Waals surface area contributed by atoms with Crippen molar-refractivity contribution in [1.82, 2.24) is 25.1 Å². The van der Waals surface area contributed by atoms with E-state index in [1.54, 1.807) is 24.4 Å². The third kappa shape index (κ3) is 2.26. The Hall–Kier alpha value is -3.03. The van der Waals surface area contributed by atoms with Crippen LogP contribution in [0.4, 0.5) is 5.82 Å². The Morgan fingerprint density at radius 1 is 1.20 bits per heavy atom. The third-order valence-corrected chi connectivity index (χ3v) is 2.54. The third-order valence-electron chi connectivity index (χ3n) is 2.54. The molecule has 0 radical (unpaired) electrons. The minimum Gasteiger partial charge on any atom is -0.481 e. The standard InChI is InChI=1S/C12H10N6O2/c1-19-10-4-8(15-6-16-10)11-17-12(20-18-11)7-2-3-9(13)14-5-7/h2-6H,1H3,(H2,13,14). The lowest BCUT2D eigenvalue weighted by Crippen LogP contribution is -1.92. The lowest BCUT2D eigenvalue weighted by atomic mass is 10.3. The van der Waals surface area contributed by atoms with E-state index in [0.29, 0.717) is 34.7 Å². The van der Waals surface area contributed by atoms with Gasteiger partial charge in [-0.3, -0.25) is 0 Å². The second-order valence-electron chi connectivity index (χ2n) is 3.84. The second kappa shape index (κ2) is 4.92. The number of nitrogens with two attached hydrogens (primary N) is 1. The molecule has 100 valence electrons. The molecular weight excluding hydrogens is 260 g/mol. The number of ether oxygens (including phenoxy) is 1. The van der Waals surface area contributed by atoms with Crippen molar-refractivity contribution in [2.75, 3.05) is 12.8 Å². The average molecular weight is 270 g/mol. The largest absolute Gasteiger partial charge is 0.481 e. The molecule has 0 bridgehead atoms. The molecule has 0 saturated heterocycles. The summed E-state index contributed by atoms with van der Waals surface area (Å²) in [6.07, 6.45) is 2.93. The highest BCUT2D eigenvalue weighted by Gasteiger charge is 2.12. The first-order chi connectivity index (χ1) is 9.76. The highest BCUT2D eigenvalue weighted by molar-refractivity contribution is 5.57. The van der Waals surface area contributed by atoms with Gasteiger partial charge in [-0.1, -0.05) is 5.16 Å². The van der Waals surface area contributed by atoms with E-state index < -0.39 is 0 Å². The van der Waals surface area contributed by atoms with Crippen molar-refractivity contribution in [1.29, 1.82) is 0 Å². The fourth-order valence-corrected chi connectivity index (χ4v) is 1.55. The Bertz CT molecular complexity index is 725. The van der Waals surface area contributed by atoms with Gasteiger partial charge < -0.3 is 15.0 Å². The highest BCUT2D eigenvalue weighted by Crippen LogP contribution is 2.22. The summed E-state index contributed by atoms with van der Waals surface area (Å²) in [4.78, 5) is 16.2. The molecule has 0 saturated carbocycles. The van der Waals surface area contributed by atoms with E-state index in [1.165, 1.54) is 13.4 Å². The zero-order valence-electron chi connectivity index (χ0n) is 10.5. The lowest BCUT2D eigenvalue weighted by molar-refractivity contribution is 0.397. The van der Waals surface area contributed by atoms with Crippen molar-refractivity contribution in [2.45, 2.75) is 0 Å². The molecule has 8 heteroatoms. The smallest absolute Gasteiger partial charge is 0.259 e. The summed E-state index contributed by atoms with van der Waals surface area (Å²) in [5.41, 5.74) is 6.71. The van der Waals surface area contributed by atoms with E-state index in [-0.39, 0.29) is 0 Å². The average Bonchev–Trinajstić information content (AvgIpc) is 2.98. The van der Waals surface area contributed by atoms with Gasteiger partial charge in [-0.15, -0.1) is 0 Å². The molecule has 3 aromatic heterocycles. The topological polar surface area (TPSA) is 113 Å². The summed E-state index contributed by atoms with van der Waals surface area (Å²) in [5.74, 6) is 1.53. The van der Waals surface area contributed by atoms with Crippen LogP contribution in [0.2, 0.25) is 0 Å². The van der Waals surface area contributed by atoms with Gasteiger partial charge in [0, 0.05) is 12.3 Å². The van der Waals surface area contributed by atoms with Crippen molar-refractivity contribution >= 4 is 5.82 Å². The number of anilines is 1. The van der Waals surface area contributed by atoms with E-state index >= 15 is 0 Å². The second-order valence-corrected chi connectivity index (χ2v) is 3.84. The number of pyridine rings is 1. The van der Waals surface area contributed by atoms with Crippen molar-refractivity contribution in [3.8, 4) is 28.9 Å². The van der Waals surface area contributed by atoms with Crippen LogP contribution in [0.25, 0.3) is 23.0 Å². The summed E-state index contributed by atoms with van der Waals surface area (Å²) >= 11 is 0. The fraction of sp³-hybridized carbons (Fsp3) is 0.0833. The Morgan fingerprint density at radius 2 is 2.10 bits per heavy atom. The molecule has 0 unspecified atom stereocenters. The van der Waals surface area contributed by atoms with Crippen molar-refractivity contribution in [3.05, 3.63) is 30.7 Å². The van der Waals surface area contributed by atoms with Gasteiger partial charge >= 0.3 is 0 Å². The SMILES string of the molecule is COc1cc(-c2noc(-c3ccc(N)nc3)n2)ncn1. The minimum absolute atomic E-state index is 0.338. The minimum atomic E-state index is 0.338. The monoisotopic (exact) mass is 270 g/mol. The molecule has 3 rings (SSSR count). The van der Waals surface area contributed by atoms with Crippen LogP contribution in [-0.4, -0.2) is 32.2 Å². The fourth-order valence-electron chi connectivity index (χ4n) is 1.55. The molecule has 0 amide bonds. The molecule has 0 aliphatic rings. The predicted molar refractivity (Wildman–Crippen MR) is 69.5 cm³/mol. The zero-order chi connectivity index (χ0) is 13.9. The Kier molecular flexibility index (Phi) is 2.96. The molecule has 0 aliphatic heterocycles. The first-order valence-electron chi connectivity index (χ1n) is 5.68. The highest BCUT2D eigenvalue weighted by atomic mass is 16.5. The van der Waals surface area contributed by atoms with Crippen LogP contribution in [0.3, 0.4) is 0 Å². The van der Waals surface area contributed by atoms with Gasteiger partial charge in [0.2, 0.25) is 11.7 Å². The molecular formula is C12H10N6O2. The van der Waals surface area contributed by atoms with Gasteiger partial charge in [-0.2, -0.15) is 4.98 Å². The van der Waals surface area contributed by atoms with E-state index in [4.69, 9.17) is 15.0 Å². The predicted octanol–water partition coefficient (Wildman–Crippen LogP) is 1.18. The van der Waals surface area contributed by atoms with Gasteiger partial charge in [0.25, 0.3) is 5.89 Å². The van der Waals surface area contributed by atoms with E-state index in [0.717, 1.165) is 0 Å². The number of methoxy groups -OCH3 is 1. The summed E-state index contributed by atoms with van der Waals surface area (Å²) in [6, 6.07) is 5.03. The maximum absolute atomic E-state index is 5.52. The Morgan fingerprint density at radius 3 is 2.85 bits per heavy atom. The zero-order valence-corrected chi connectivity index (χ0v) is 10.5. The van der Waals surface area contributed by atoms with Crippen molar-refractivity contribution in [3.63, 3.8) is 0 Å². The summed E-state index contributed by atoms with van der Waals surface area (Å²) in [7, 11) is 1.52. The maximum Gasteiger partial charge on any atom is 0.259 e. The van der Waals surface area contributed by atoms with Crippen LogP contribution < -0.4 is 10.5 Å². The molecule has 2 N–H and O–H groups in total. The number of hydrogen-bond acceptors (Lipinski definition) is 8. The van der Waals surface area contributed by atoms with Crippen LogP contribution >= 0.6 is 0 Å². The Labute approximate surface area is 113 Å². The van der Waals surface area contributed by atoms with Crippen LogP contribution in [0.15, 0.2) is 35.2 Å². The molecule has 0 aliphatic carbocycles. The molecule has 0 fully saturated rings. The van der Waals surface area contributed by atoms with E-state index in [2.05, 4.69) is 25.1 Å². The summed E-state index contributed by atoms with van der Waals surface area (Å²) in [6.45, 7) is 0. The molecule has 0 spiro atoms. The molecule has 3 aromatic rings. The lowest BCUT2D eigenvalue weighted by Gasteiger charge is -1.97. The number of nitrogen functional groups attached to an aromatic ring is 1. The number of aromatic nitrogens is 5. The van der Waals surface area contributed by atoms with E-state index in [9.17, 15) is 0 Å². The van der Waals surface area contributed by atoms with Gasteiger partial charge in [-0.25, -0.2) is 15.0 Å². The number of hydrogen-bond donors (Lipinski definition) is 1. The Balaban J connectivity index is 1.95.